The molecular weight excluding hydrogens is 306 g/mol. The third kappa shape index (κ3) is 3.33. The first-order valence-electron chi connectivity index (χ1n) is 7.48. The van der Waals surface area contributed by atoms with Gasteiger partial charge in [0.1, 0.15) is 0 Å². The zero-order valence-corrected chi connectivity index (χ0v) is 13.5. The quantitative estimate of drug-likeness (QED) is 0.601. The molecule has 2 aliphatic rings. The number of rotatable bonds is 2. The molecule has 2 rings (SSSR count). The van der Waals surface area contributed by atoms with Gasteiger partial charge in [-0.3, -0.25) is 0 Å². The molecule has 0 saturated carbocycles. The monoisotopic (exact) mass is 328 g/mol. The molecule has 1 aliphatic carbocycles. The molecule has 1 fully saturated rings. The van der Waals surface area contributed by atoms with Crippen molar-refractivity contribution in [2.75, 3.05) is 19.8 Å². The second kappa shape index (κ2) is 6.33. The normalized spacial score (nSPS) is 29.4. The third-order valence-electron chi connectivity index (χ3n) is 4.31. The molecule has 0 aromatic heterocycles. The van der Waals surface area contributed by atoms with Crippen LogP contribution in [0.15, 0.2) is 23.3 Å². The Labute approximate surface area is 134 Å². The third-order valence-corrected chi connectivity index (χ3v) is 4.31. The second-order valence-corrected chi connectivity index (χ2v) is 6.50. The summed E-state index contributed by atoms with van der Waals surface area (Å²) < 4.78 is 38.3. The van der Waals surface area contributed by atoms with Gasteiger partial charge in [-0.05, 0) is 24.6 Å². The molecule has 2 N–H and O–H groups in total. The van der Waals surface area contributed by atoms with Gasteiger partial charge in [0.15, 0.2) is 11.4 Å². The minimum atomic E-state index is -2.89. The number of aliphatic hydroxyl groups is 2. The predicted octanol–water partition coefficient (Wildman–Crippen LogP) is 2.02. The molecule has 6 heteroatoms. The lowest BCUT2D eigenvalue weighted by Crippen LogP contribution is -2.55. The number of halogens is 2. The van der Waals surface area contributed by atoms with Crippen LogP contribution in [0, 0.1) is 17.3 Å². The molecule has 0 radical (unpaired) electrons. The standard InChI is InChI=1S/C17H22F2O4/c1-12(5-7-20)4-6-17(21)13(14(18)19)10-16(11-15(17,2)3)22-8-9-23-16/h5,10,14,20-21H,7-9,11H2,1-3H3/b12-5-. The smallest absolute Gasteiger partial charge is 0.263 e. The molecule has 23 heavy (non-hydrogen) atoms. The SMILES string of the molecule is C/C(C#CC1(O)C(C(F)F)=CC2(CC1(C)C)OCCO2)=C/CO. The van der Waals surface area contributed by atoms with E-state index < -0.39 is 28.8 Å². The van der Waals surface area contributed by atoms with E-state index in [1.165, 1.54) is 12.2 Å². The van der Waals surface area contributed by atoms with Crippen LogP contribution in [-0.2, 0) is 9.47 Å². The van der Waals surface area contributed by atoms with Gasteiger partial charge >= 0.3 is 0 Å². The molecular formula is C17H22F2O4. The summed E-state index contributed by atoms with van der Waals surface area (Å²) in [6.45, 7) is 5.41. The average Bonchev–Trinajstić information content (AvgIpc) is 2.88. The first-order valence-corrected chi connectivity index (χ1v) is 7.48. The van der Waals surface area contributed by atoms with Crippen LogP contribution in [0.3, 0.4) is 0 Å². The van der Waals surface area contributed by atoms with Gasteiger partial charge in [-0.25, -0.2) is 8.78 Å². The van der Waals surface area contributed by atoms with Gasteiger partial charge in [0.05, 0.1) is 19.8 Å². The van der Waals surface area contributed by atoms with Crippen LogP contribution < -0.4 is 0 Å². The number of hydrogen-bond donors (Lipinski definition) is 2. The van der Waals surface area contributed by atoms with Gasteiger partial charge in [0.2, 0.25) is 0 Å². The Morgan fingerprint density at radius 2 is 2.00 bits per heavy atom. The summed E-state index contributed by atoms with van der Waals surface area (Å²) in [6, 6.07) is 0. The maximum atomic E-state index is 13.6. The molecule has 0 bridgehead atoms. The number of ether oxygens (including phenoxy) is 2. The van der Waals surface area contributed by atoms with Gasteiger partial charge < -0.3 is 19.7 Å². The van der Waals surface area contributed by atoms with Crippen LogP contribution in [0.4, 0.5) is 8.78 Å². The van der Waals surface area contributed by atoms with Crippen LogP contribution in [0.2, 0.25) is 0 Å². The minimum absolute atomic E-state index is 0.204. The highest BCUT2D eigenvalue weighted by Gasteiger charge is 2.58. The Morgan fingerprint density at radius 1 is 1.39 bits per heavy atom. The van der Waals surface area contributed by atoms with Crippen molar-refractivity contribution in [2.45, 2.75) is 45.0 Å². The molecule has 1 saturated heterocycles. The lowest BCUT2D eigenvalue weighted by atomic mass is 9.63. The van der Waals surface area contributed by atoms with E-state index in [1.807, 2.05) is 0 Å². The topological polar surface area (TPSA) is 58.9 Å². The maximum absolute atomic E-state index is 13.6. The summed E-state index contributed by atoms with van der Waals surface area (Å²) >= 11 is 0. The van der Waals surface area contributed by atoms with E-state index in [0.29, 0.717) is 18.8 Å². The lowest BCUT2D eigenvalue weighted by molar-refractivity contribution is -0.173. The predicted molar refractivity (Wildman–Crippen MR) is 80.7 cm³/mol. The fraction of sp³-hybridized carbons (Fsp3) is 0.647. The van der Waals surface area contributed by atoms with Crippen molar-refractivity contribution >= 4 is 0 Å². The zero-order valence-electron chi connectivity index (χ0n) is 13.5. The Kier molecular flexibility index (Phi) is 4.97. The molecule has 128 valence electrons. The summed E-state index contributed by atoms with van der Waals surface area (Å²) in [5, 5.41) is 19.8. The number of alkyl halides is 2. The van der Waals surface area contributed by atoms with Crippen LogP contribution in [0.5, 0.6) is 0 Å². The minimum Gasteiger partial charge on any atom is -0.392 e. The van der Waals surface area contributed by atoms with Crippen molar-refractivity contribution in [3.05, 3.63) is 23.3 Å². The molecule has 1 spiro atoms. The largest absolute Gasteiger partial charge is 0.392 e. The summed E-state index contributed by atoms with van der Waals surface area (Å²) in [7, 11) is 0. The van der Waals surface area contributed by atoms with Crippen molar-refractivity contribution in [1.82, 2.24) is 0 Å². The summed E-state index contributed by atoms with van der Waals surface area (Å²) in [6.07, 6.45) is -0.0525. The number of hydrogen-bond acceptors (Lipinski definition) is 4. The Bertz CT molecular complexity index is 577. The zero-order chi connectivity index (χ0) is 17.3. The Hall–Kier alpha value is -1.26. The van der Waals surface area contributed by atoms with Crippen LogP contribution in [0.25, 0.3) is 0 Å². The fourth-order valence-corrected chi connectivity index (χ4v) is 3.02. The molecule has 1 atom stereocenters. The highest BCUT2D eigenvalue weighted by atomic mass is 19.3. The fourth-order valence-electron chi connectivity index (χ4n) is 3.02. The molecule has 1 aliphatic heterocycles. The van der Waals surface area contributed by atoms with E-state index in [9.17, 15) is 13.9 Å². The van der Waals surface area contributed by atoms with Gasteiger partial charge in [-0.1, -0.05) is 25.7 Å². The van der Waals surface area contributed by atoms with E-state index in [-0.39, 0.29) is 13.0 Å². The molecule has 4 nitrogen and oxygen atoms in total. The van der Waals surface area contributed by atoms with E-state index in [4.69, 9.17) is 14.6 Å². The van der Waals surface area contributed by atoms with E-state index in [0.717, 1.165) is 0 Å². The van der Waals surface area contributed by atoms with E-state index in [2.05, 4.69) is 11.8 Å². The van der Waals surface area contributed by atoms with Gasteiger partial charge in [-0.15, -0.1) is 0 Å². The number of allylic oxidation sites excluding steroid dienone is 1. The van der Waals surface area contributed by atoms with Crippen molar-refractivity contribution in [1.29, 1.82) is 0 Å². The van der Waals surface area contributed by atoms with E-state index >= 15 is 0 Å². The first kappa shape index (κ1) is 18.1. The highest BCUT2D eigenvalue weighted by molar-refractivity contribution is 5.43. The number of aliphatic hydroxyl groups excluding tert-OH is 1. The Balaban J connectivity index is 2.53. The molecule has 0 aromatic rings. The molecule has 1 unspecified atom stereocenters. The van der Waals surface area contributed by atoms with Crippen LogP contribution in [-0.4, -0.2) is 47.8 Å². The molecule has 1 heterocycles. The van der Waals surface area contributed by atoms with E-state index in [1.54, 1.807) is 20.8 Å². The summed E-state index contributed by atoms with van der Waals surface area (Å²) in [5.41, 5.74) is -3.02. The first-order chi connectivity index (χ1) is 10.7. The molecule has 0 aromatic carbocycles. The van der Waals surface area contributed by atoms with Crippen molar-refractivity contribution in [3.8, 4) is 11.8 Å². The average molecular weight is 328 g/mol. The van der Waals surface area contributed by atoms with Crippen molar-refractivity contribution < 1.29 is 28.5 Å². The summed E-state index contributed by atoms with van der Waals surface area (Å²) in [5.74, 6) is 4.01. The van der Waals surface area contributed by atoms with Crippen molar-refractivity contribution in [2.24, 2.45) is 5.41 Å². The van der Waals surface area contributed by atoms with Gasteiger partial charge in [0.25, 0.3) is 6.43 Å². The van der Waals surface area contributed by atoms with Gasteiger partial charge in [-0.2, -0.15) is 0 Å². The summed E-state index contributed by atoms with van der Waals surface area (Å²) in [4.78, 5) is 0. The van der Waals surface area contributed by atoms with Crippen molar-refractivity contribution in [3.63, 3.8) is 0 Å². The van der Waals surface area contributed by atoms with Crippen LogP contribution in [0.1, 0.15) is 27.2 Å². The maximum Gasteiger partial charge on any atom is 0.263 e. The van der Waals surface area contributed by atoms with Gasteiger partial charge in [0, 0.05) is 17.4 Å². The van der Waals surface area contributed by atoms with Crippen LogP contribution >= 0.6 is 0 Å². The Morgan fingerprint density at radius 3 is 2.52 bits per heavy atom. The molecule has 0 amide bonds. The lowest BCUT2D eigenvalue weighted by Gasteiger charge is -2.48. The second-order valence-electron chi connectivity index (χ2n) is 6.50. The highest BCUT2D eigenvalue weighted by Crippen LogP contribution is 2.51.